The number of benzene rings is 1. The number of halogens is 1. The number of hydrogen-bond acceptors (Lipinski definition) is 2. The largest absolute Gasteiger partial charge is 0.330 e. The van der Waals surface area contributed by atoms with Gasteiger partial charge in [-0.05, 0) is 38.0 Å². The van der Waals surface area contributed by atoms with Crippen LogP contribution < -0.4 is 0 Å². The lowest BCUT2D eigenvalue weighted by atomic mass is 10.0. The van der Waals surface area contributed by atoms with Gasteiger partial charge in [-0.2, -0.15) is 0 Å². The van der Waals surface area contributed by atoms with E-state index in [4.69, 9.17) is 0 Å². The van der Waals surface area contributed by atoms with Crippen molar-refractivity contribution in [1.29, 1.82) is 0 Å². The highest BCUT2D eigenvalue weighted by Crippen LogP contribution is 2.27. The molecule has 1 aromatic rings. The average Bonchev–Trinajstić information content (AvgIpc) is 2.59. The van der Waals surface area contributed by atoms with Crippen molar-refractivity contribution in [2.24, 2.45) is 0 Å². The zero-order valence-electron chi connectivity index (χ0n) is 11.3. The van der Waals surface area contributed by atoms with E-state index in [1.165, 1.54) is 0 Å². The fraction of sp³-hybridized carbons (Fsp3) is 0.467. The second-order valence-corrected chi connectivity index (χ2v) is 6.55. The maximum Gasteiger partial charge on any atom is 0.223 e. The molecule has 2 rings (SSSR count). The predicted molar refractivity (Wildman–Crippen MR) is 77.9 cm³/mol. The zero-order chi connectivity index (χ0) is 14.0. The second kappa shape index (κ2) is 5.45. The molecule has 0 aromatic heterocycles. The molecule has 4 heteroatoms. The van der Waals surface area contributed by atoms with Gasteiger partial charge in [0, 0.05) is 22.9 Å². The number of hydrogen-bond donors (Lipinski definition) is 0. The topological polar surface area (TPSA) is 37.4 Å². The van der Waals surface area contributed by atoms with E-state index in [2.05, 4.69) is 15.9 Å². The Morgan fingerprint density at radius 3 is 2.74 bits per heavy atom. The molecule has 1 saturated heterocycles. The smallest absolute Gasteiger partial charge is 0.223 e. The van der Waals surface area contributed by atoms with Crippen molar-refractivity contribution in [2.75, 3.05) is 6.54 Å². The number of ketones is 1. The lowest BCUT2D eigenvalue weighted by molar-refractivity contribution is -0.135. The Bertz CT molecular complexity index is 511. The van der Waals surface area contributed by atoms with Gasteiger partial charge in [0.1, 0.15) is 0 Å². The molecule has 19 heavy (non-hydrogen) atoms. The van der Waals surface area contributed by atoms with Crippen LogP contribution >= 0.6 is 15.9 Å². The van der Waals surface area contributed by atoms with E-state index >= 15 is 0 Å². The molecular weight excluding hydrogens is 306 g/mol. The van der Waals surface area contributed by atoms with E-state index in [0.29, 0.717) is 19.3 Å². The average molecular weight is 324 g/mol. The zero-order valence-corrected chi connectivity index (χ0v) is 12.9. The van der Waals surface area contributed by atoms with E-state index in [1.54, 1.807) is 4.90 Å². The molecule has 1 aromatic carbocycles. The summed E-state index contributed by atoms with van der Waals surface area (Å²) in [5.41, 5.74) is 0.803. The molecule has 0 bridgehead atoms. The number of carbonyl (C=O) groups is 2. The number of carbonyl (C=O) groups excluding carboxylic acids is 2. The minimum absolute atomic E-state index is 0.0656. The van der Waals surface area contributed by atoms with Gasteiger partial charge < -0.3 is 4.90 Å². The Balaban J connectivity index is 1.97. The summed E-state index contributed by atoms with van der Waals surface area (Å²) in [6.07, 6.45) is 1.63. The molecule has 0 atom stereocenters. The molecule has 1 amide bonds. The van der Waals surface area contributed by atoms with Crippen molar-refractivity contribution in [3.05, 3.63) is 34.3 Å². The Morgan fingerprint density at radius 2 is 2.16 bits per heavy atom. The van der Waals surface area contributed by atoms with Crippen molar-refractivity contribution in [2.45, 2.75) is 38.6 Å². The van der Waals surface area contributed by atoms with E-state index in [1.807, 2.05) is 38.1 Å². The van der Waals surface area contributed by atoms with Gasteiger partial charge in [-0.15, -0.1) is 0 Å². The molecule has 1 aliphatic rings. The fourth-order valence-electron chi connectivity index (χ4n) is 2.53. The number of rotatable bonds is 3. The second-order valence-electron chi connectivity index (χ2n) is 5.64. The number of likely N-dealkylation sites (tertiary alicyclic amines) is 1. The van der Waals surface area contributed by atoms with Gasteiger partial charge in [0.05, 0.1) is 6.54 Å². The van der Waals surface area contributed by atoms with Crippen LogP contribution in [0.15, 0.2) is 28.7 Å². The minimum Gasteiger partial charge on any atom is -0.330 e. The van der Waals surface area contributed by atoms with Crippen LogP contribution in [-0.4, -0.2) is 28.7 Å². The standard InChI is InChI=1S/C15H18BrNO2/c1-15(2)9-13(18)10-17(15)14(19)7-6-11-4-3-5-12(16)8-11/h3-5,8H,6-7,9-10H2,1-2H3. The first kappa shape index (κ1) is 14.3. The normalized spacial score (nSPS) is 17.8. The number of nitrogens with zero attached hydrogens (tertiary/aromatic N) is 1. The quantitative estimate of drug-likeness (QED) is 0.857. The van der Waals surface area contributed by atoms with Gasteiger partial charge in [0.2, 0.25) is 5.91 Å². The molecular formula is C15H18BrNO2. The first-order valence-corrected chi connectivity index (χ1v) is 7.24. The van der Waals surface area contributed by atoms with Crippen LogP contribution in [0, 0.1) is 0 Å². The van der Waals surface area contributed by atoms with E-state index in [-0.39, 0.29) is 23.8 Å². The van der Waals surface area contributed by atoms with Crippen LogP contribution in [-0.2, 0) is 16.0 Å². The highest BCUT2D eigenvalue weighted by Gasteiger charge is 2.39. The first-order chi connectivity index (χ1) is 8.88. The third-order valence-corrected chi connectivity index (χ3v) is 4.01. The Labute approximate surface area is 122 Å². The molecule has 0 aliphatic carbocycles. The number of amides is 1. The van der Waals surface area contributed by atoms with Crippen LogP contribution in [0.2, 0.25) is 0 Å². The number of aryl methyl sites for hydroxylation is 1. The van der Waals surface area contributed by atoms with Crippen LogP contribution in [0.25, 0.3) is 0 Å². The maximum absolute atomic E-state index is 12.2. The summed E-state index contributed by atoms with van der Waals surface area (Å²) in [4.78, 5) is 25.4. The maximum atomic E-state index is 12.2. The molecule has 0 radical (unpaired) electrons. The molecule has 0 unspecified atom stereocenters. The fourth-order valence-corrected chi connectivity index (χ4v) is 2.98. The lowest BCUT2D eigenvalue weighted by Crippen LogP contribution is -2.42. The third-order valence-electron chi connectivity index (χ3n) is 3.51. The summed E-state index contributed by atoms with van der Waals surface area (Å²) in [6, 6.07) is 7.96. The SMILES string of the molecule is CC1(C)CC(=O)CN1C(=O)CCc1cccc(Br)c1. The van der Waals surface area contributed by atoms with Crippen molar-refractivity contribution in [1.82, 2.24) is 4.90 Å². The Hall–Kier alpha value is -1.16. The van der Waals surface area contributed by atoms with Crippen molar-refractivity contribution < 1.29 is 9.59 Å². The highest BCUT2D eigenvalue weighted by molar-refractivity contribution is 9.10. The van der Waals surface area contributed by atoms with Gasteiger partial charge >= 0.3 is 0 Å². The highest BCUT2D eigenvalue weighted by atomic mass is 79.9. The number of Topliss-reactive ketones (excluding diaryl/α,β-unsaturated/α-hetero) is 1. The summed E-state index contributed by atoms with van der Waals surface area (Å²) in [5, 5.41) is 0. The van der Waals surface area contributed by atoms with Gasteiger partial charge in [-0.3, -0.25) is 9.59 Å². The molecule has 1 fully saturated rings. The molecule has 1 aliphatic heterocycles. The Morgan fingerprint density at radius 1 is 1.42 bits per heavy atom. The predicted octanol–water partition coefficient (Wildman–Crippen LogP) is 2.96. The van der Waals surface area contributed by atoms with Crippen molar-refractivity contribution >= 4 is 27.6 Å². The summed E-state index contributed by atoms with van der Waals surface area (Å²) >= 11 is 3.42. The summed E-state index contributed by atoms with van der Waals surface area (Å²) in [5.74, 6) is 0.219. The van der Waals surface area contributed by atoms with Crippen LogP contribution in [0.4, 0.5) is 0 Å². The Kier molecular flexibility index (Phi) is 4.09. The first-order valence-electron chi connectivity index (χ1n) is 6.45. The van der Waals surface area contributed by atoms with Crippen molar-refractivity contribution in [3.8, 4) is 0 Å². The molecule has 1 heterocycles. The van der Waals surface area contributed by atoms with Gasteiger partial charge in [0.25, 0.3) is 0 Å². The lowest BCUT2D eigenvalue weighted by Gasteiger charge is -2.30. The van der Waals surface area contributed by atoms with Crippen LogP contribution in [0.1, 0.15) is 32.3 Å². The molecule has 3 nitrogen and oxygen atoms in total. The van der Waals surface area contributed by atoms with Crippen LogP contribution in [0.5, 0.6) is 0 Å². The molecule has 0 saturated carbocycles. The van der Waals surface area contributed by atoms with Crippen LogP contribution in [0.3, 0.4) is 0 Å². The van der Waals surface area contributed by atoms with Gasteiger partial charge in [-0.25, -0.2) is 0 Å². The van der Waals surface area contributed by atoms with Gasteiger partial charge in [-0.1, -0.05) is 28.1 Å². The molecule has 102 valence electrons. The summed E-state index contributed by atoms with van der Waals surface area (Å²) in [7, 11) is 0. The molecule has 0 N–H and O–H groups in total. The van der Waals surface area contributed by atoms with E-state index in [0.717, 1.165) is 10.0 Å². The minimum atomic E-state index is -0.328. The van der Waals surface area contributed by atoms with E-state index in [9.17, 15) is 9.59 Å². The van der Waals surface area contributed by atoms with Crippen molar-refractivity contribution in [3.63, 3.8) is 0 Å². The monoisotopic (exact) mass is 323 g/mol. The van der Waals surface area contributed by atoms with Gasteiger partial charge in [0.15, 0.2) is 5.78 Å². The third kappa shape index (κ3) is 3.44. The summed E-state index contributed by atoms with van der Waals surface area (Å²) < 4.78 is 1.02. The summed E-state index contributed by atoms with van der Waals surface area (Å²) in [6.45, 7) is 4.17. The van der Waals surface area contributed by atoms with E-state index < -0.39 is 0 Å². The molecule has 0 spiro atoms.